The van der Waals surface area contributed by atoms with Crippen molar-refractivity contribution in [2.75, 3.05) is 11.9 Å². The molecule has 0 amide bonds. The Morgan fingerprint density at radius 3 is 2.55 bits per heavy atom. The van der Waals surface area contributed by atoms with Crippen LogP contribution in [0.3, 0.4) is 0 Å². The van der Waals surface area contributed by atoms with E-state index in [1.807, 2.05) is 6.07 Å². The van der Waals surface area contributed by atoms with Gasteiger partial charge in [-0.25, -0.2) is 0 Å². The Balaban J connectivity index is 1.69. The lowest BCUT2D eigenvalue weighted by Crippen LogP contribution is -2.02. The van der Waals surface area contributed by atoms with Crippen LogP contribution in [-0.2, 0) is 0 Å². The number of hydrogen-bond donors (Lipinski definition) is 1. The number of benzene rings is 2. The van der Waals surface area contributed by atoms with Gasteiger partial charge in [-0.2, -0.15) is 0 Å². The van der Waals surface area contributed by atoms with Gasteiger partial charge in [-0.1, -0.05) is 42.5 Å². The monoisotopic (exact) mass is 403 g/mol. The minimum Gasteiger partial charge on any atom is -0.384 e. The highest BCUT2D eigenvalue weighted by molar-refractivity contribution is 14.1. The van der Waals surface area contributed by atoms with Crippen molar-refractivity contribution in [2.45, 2.75) is 26.2 Å². The SMILES string of the molecule is CC(=C=CCCCCNc1ccccc1I)c1ccccc1. The predicted molar refractivity (Wildman–Crippen MR) is 105 cm³/mol. The molecular weight excluding hydrogens is 381 g/mol. The van der Waals surface area contributed by atoms with Gasteiger partial charge >= 0.3 is 0 Å². The maximum atomic E-state index is 3.49. The third-order valence-electron chi connectivity index (χ3n) is 3.49. The topological polar surface area (TPSA) is 12.0 Å². The Kier molecular flexibility index (Phi) is 7.27. The average molecular weight is 403 g/mol. The molecule has 0 aliphatic carbocycles. The molecule has 2 heteroatoms. The number of anilines is 1. The largest absolute Gasteiger partial charge is 0.384 e. The molecular formula is C20H22IN. The Morgan fingerprint density at radius 2 is 1.77 bits per heavy atom. The second kappa shape index (κ2) is 9.50. The van der Waals surface area contributed by atoms with Gasteiger partial charge in [0, 0.05) is 15.8 Å². The summed E-state index contributed by atoms with van der Waals surface area (Å²) >= 11 is 2.37. The molecule has 0 saturated heterocycles. The van der Waals surface area contributed by atoms with Gasteiger partial charge in [0.1, 0.15) is 0 Å². The smallest absolute Gasteiger partial charge is 0.0475 e. The summed E-state index contributed by atoms with van der Waals surface area (Å²) in [5, 5.41) is 3.49. The van der Waals surface area contributed by atoms with E-state index in [2.05, 4.69) is 95.2 Å². The second-order valence-corrected chi connectivity index (χ2v) is 6.40. The number of unbranched alkanes of at least 4 members (excludes halogenated alkanes) is 2. The highest BCUT2D eigenvalue weighted by atomic mass is 127. The van der Waals surface area contributed by atoms with Crippen molar-refractivity contribution < 1.29 is 0 Å². The zero-order valence-electron chi connectivity index (χ0n) is 13.0. The number of halogens is 1. The van der Waals surface area contributed by atoms with Crippen LogP contribution < -0.4 is 5.32 Å². The van der Waals surface area contributed by atoms with Gasteiger partial charge in [-0.15, -0.1) is 5.73 Å². The normalized spacial score (nSPS) is 9.91. The van der Waals surface area contributed by atoms with Crippen molar-refractivity contribution in [1.82, 2.24) is 0 Å². The summed E-state index contributed by atoms with van der Waals surface area (Å²) in [7, 11) is 0. The molecule has 0 unspecified atom stereocenters. The van der Waals surface area contributed by atoms with E-state index in [4.69, 9.17) is 0 Å². The molecule has 2 aromatic carbocycles. The molecule has 2 rings (SSSR count). The first-order valence-corrected chi connectivity index (χ1v) is 8.81. The number of nitrogens with one attached hydrogen (secondary N) is 1. The van der Waals surface area contributed by atoms with Crippen LogP contribution in [0, 0.1) is 3.57 Å². The van der Waals surface area contributed by atoms with Crippen LogP contribution in [-0.4, -0.2) is 6.54 Å². The average Bonchev–Trinajstić information content (AvgIpc) is 2.56. The Bertz CT molecular complexity index is 640. The molecule has 0 radical (unpaired) electrons. The van der Waals surface area contributed by atoms with Gasteiger partial charge < -0.3 is 5.32 Å². The summed E-state index contributed by atoms with van der Waals surface area (Å²) in [4.78, 5) is 0. The molecule has 1 N–H and O–H groups in total. The molecule has 0 atom stereocenters. The first-order valence-electron chi connectivity index (χ1n) is 7.73. The molecule has 0 fully saturated rings. The zero-order valence-corrected chi connectivity index (χ0v) is 15.1. The van der Waals surface area contributed by atoms with Crippen LogP contribution in [0.1, 0.15) is 31.7 Å². The first-order chi connectivity index (χ1) is 10.8. The molecule has 0 bridgehead atoms. The van der Waals surface area contributed by atoms with E-state index in [-0.39, 0.29) is 0 Å². The van der Waals surface area contributed by atoms with Gasteiger partial charge in [-0.05, 0) is 78.1 Å². The minimum atomic E-state index is 1.02. The molecule has 0 spiro atoms. The third-order valence-corrected chi connectivity index (χ3v) is 4.43. The maximum Gasteiger partial charge on any atom is 0.0475 e. The standard InChI is InChI=1S/C20H22IN/c1-17(18-12-6-4-7-13-18)11-5-2-3-10-16-22-20-15-9-8-14-19(20)21/h4-9,12-15,22H,2-3,10,16H2,1H3. The third kappa shape index (κ3) is 5.70. The molecule has 1 nitrogen and oxygen atoms in total. The summed E-state index contributed by atoms with van der Waals surface area (Å²) in [6.45, 7) is 3.14. The molecule has 114 valence electrons. The summed E-state index contributed by atoms with van der Waals surface area (Å²) in [6, 6.07) is 18.8. The lowest BCUT2D eigenvalue weighted by Gasteiger charge is -2.07. The Morgan fingerprint density at radius 1 is 1.05 bits per heavy atom. The van der Waals surface area contributed by atoms with E-state index in [0.29, 0.717) is 0 Å². The minimum absolute atomic E-state index is 1.02. The van der Waals surface area contributed by atoms with Crippen LogP contribution in [0.4, 0.5) is 5.69 Å². The van der Waals surface area contributed by atoms with E-state index in [9.17, 15) is 0 Å². The zero-order chi connectivity index (χ0) is 15.6. The van der Waals surface area contributed by atoms with Gasteiger partial charge in [0.15, 0.2) is 0 Å². The van der Waals surface area contributed by atoms with Crippen LogP contribution in [0.15, 0.2) is 66.4 Å². The number of hydrogen-bond acceptors (Lipinski definition) is 1. The van der Waals surface area contributed by atoms with Crippen molar-refractivity contribution in [3.63, 3.8) is 0 Å². The lowest BCUT2D eigenvalue weighted by atomic mass is 10.1. The molecule has 0 aromatic heterocycles. The van der Waals surface area contributed by atoms with Crippen molar-refractivity contribution in [3.05, 3.63) is 75.5 Å². The van der Waals surface area contributed by atoms with Crippen molar-refractivity contribution in [2.24, 2.45) is 0 Å². The fourth-order valence-electron chi connectivity index (χ4n) is 2.20. The van der Waals surface area contributed by atoms with E-state index in [1.165, 1.54) is 33.2 Å². The summed E-state index contributed by atoms with van der Waals surface area (Å²) in [6.07, 6.45) is 5.60. The Labute approximate surface area is 147 Å². The van der Waals surface area contributed by atoms with E-state index >= 15 is 0 Å². The van der Waals surface area contributed by atoms with Crippen molar-refractivity contribution in [3.8, 4) is 0 Å². The highest BCUT2D eigenvalue weighted by Crippen LogP contribution is 2.17. The van der Waals surface area contributed by atoms with Gasteiger partial charge in [-0.3, -0.25) is 0 Å². The van der Waals surface area contributed by atoms with Gasteiger partial charge in [0.25, 0.3) is 0 Å². The van der Waals surface area contributed by atoms with Gasteiger partial charge in [0.2, 0.25) is 0 Å². The fourth-order valence-corrected chi connectivity index (χ4v) is 2.77. The Hall–Kier alpha value is -1.51. The predicted octanol–water partition coefficient (Wildman–Crippen LogP) is 6.13. The number of allylic oxidation sites excluding steroid dienone is 1. The van der Waals surface area contributed by atoms with Crippen molar-refractivity contribution in [1.29, 1.82) is 0 Å². The van der Waals surface area contributed by atoms with Crippen LogP contribution in [0.5, 0.6) is 0 Å². The summed E-state index contributed by atoms with van der Waals surface area (Å²) in [5.74, 6) is 0. The van der Waals surface area contributed by atoms with E-state index in [0.717, 1.165) is 13.0 Å². The highest BCUT2D eigenvalue weighted by Gasteiger charge is 1.96. The summed E-state index contributed by atoms with van der Waals surface area (Å²) < 4.78 is 1.28. The molecule has 0 heterocycles. The quantitative estimate of drug-likeness (QED) is 0.333. The first kappa shape index (κ1) is 16.9. The van der Waals surface area contributed by atoms with Crippen LogP contribution in [0.2, 0.25) is 0 Å². The van der Waals surface area contributed by atoms with Crippen molar-refractivity contribution >= 4 is 33.9 Å². The fraction of sp³-hybridized carbons (Fsp3) is 0.250. The molecule has 22 heavy (non-hydrogen) atoms. The van der Waals surface area contributed by atoms with Crippen LogP contribution >= 0.6 is 22.6 Å². The number of para-hydroxylation sites is 1. The molecule has 0 aliphatic rings. The molecule has 2 aromatic rings. The van der Waals surface area contributed by atoms with E-state index < -0.39 is 0 Å². The van der Waals surface area contributed by atoms with Gasteiger partial charge in [0.05, 0.1) is 0 Å². The number of rotatable bonds is 7. The molecule has 0 aliphatic heterocycles. The summed E-state index contributed by atoms with van der Waals surface area (Å²) in [5.41, 5.74) is 7.08. The maximum absolute atomic E-state index is 3.49. The van der Waals surface area contributed by atoms with E-state index in [1.54, 1.807) is 0 Å². The van der Waals surface area contributed by atoms with Crippen LogP contribution in [0.25, 0.3) is 5.57 Å². The second-order valence-electron chi connectivity index (χ2n) is 5.24. The lowest BCUT2D eigenvalue weighted by molar-refractivity contribution is 0.779. The molecule has 0 saturated carbocycles.